The van der Waals surface area contributed by atoms with E-state index in [1.54, 1.807) is 0 Å². The molecule has 1 nitrogen and oxygen atoms in total. The summed E-state index contributed by atoms with van der Waals surface area (Å²) in [4.78, 5) is 0. The second-order valence-corrected chi connectivity index (χ2v) is 7.99. The van der Waals surface area contributed by atoms with Crippen molar-refractivity contribution in [3.8, 4) is 0 Å². The molecule has 0 heterocycles. The molecule has 0 aromatic heterocycles. The van der Waals surface area contributed by atoms with Crippen LogP contribution in [-0.2, 0) is 12.8 Å². The average molecular weight is 369 g/mol. The van der Waals surface area contributed by atoms with Crippen molar-refractivity contribution >= 4 is 11.3 Å². The zero-order chi connectivity index (χ0) is 19.4. The van der Waals surface area contributed by atoms with Crippen molar-refractivity contribution in [2.75, 3.05) is 20.1 Å². The van der Waals surface area contributed by atoms with Gasteiger partial charge in [0.25, 0.3) is 0 Å². The third-order valence-corrected chi connectivity index (χ3v) is 6.33. The summed E-state index contributed by atoms with van der Waals surface area (Å²) < 4.78 is 0.966. The van der Waals surface area contributed by atoms with Gasteiger partial charge in [-0.25, -0.2) is 0 Å². The first-order valence-corrected chi connectivity index (χ1v) is 10.5. The minimum absolute atomic E-state index is 0.966. The van der Waals surface area contributed by atoms with E-state index < -0.39 is 0 Å². The van der Waals surface area contributed by atoms with E-state index in [0.29, 0.717) is 0 Å². The number of aryl methyl sites for hydroxylation is 2. The minimum Gasteiger partial charge on any atom is -0.294 e. The summed E-state index contributed by atoms with van der Waals surface area (Å²) in [5.41, 5.74) is 8.58. The Morgan fingerprint density at radius 2 is 1.29 bits per heavy atom. The van der Waals surface area contributed by atoms with Gasteiger partial charge in [-0.2, -0.15) is 0 Å². The van der Waals surface area contributed by atoms with Crippen LogP contribution in [0.3, 0.4) is 0 Å². The van der Waals surface area contributed by atoms with Crippen LogP contribution in [0.15, 0.2) is 84.9 Å². The molecule has 0 spiro atoms. The smallest absolute Gasteiger partial charge is 0.132 e. The lowest BCUT2D eigenvalue weighted by Gasteiger charge is -2.32. The van der Waals surface area contributed by atoms with Gasteiger partial charge in [-0.05, 0) is 59.7 Å². The molecule has 1 aliphatic carbocycles. The van der Waals surface area contributed by atoms with E-state index in [4.69, 9.17) is 0 Å². The van der Waals surface area contributed by atoms with Gasteiger partial charge in [-0.3, -0.25) is 4.48 Å². The third kappa shape index (κ3) is 3.68. The summed E-state index contributed by atoms with van der Waals surface area (Å²) in [7, 11) is 2.35. The number of benzene rings is 3. The highest BCUT2D eigenvalue weighted by Crippen LogP contribution is 2.34. The lowest BCUT2D eigenvalue weighted by Crippen LogP contribution is -2.45. The molecular weight excluding hydrogens is 338 g/mol. The van der Waals surface area contributed by atoms with Crippen LogP contribution in [0.25, 0.3) is 5.57 Å². The van der Waals surface area contributed by atoms with Crippen molar-refractivity contribution in [1.82, 2.24) is 4.48 Å². The molecule has 0 bridgehead atoms. The average Bonchev–Trinajstić information content (AvgIpc) is 2.92. The first-order valence-electron chi connectivity index (χ1n) is 10.5. The van der Waals surface area contributed by atoms with Gasteiger partial charge >= 0.3 is 0 Å². The Kier molecular flexibility index (Phi) is 5.45. The number of quaternary nitrogens is 1. The fourth-order valence-corrected chi connectivity index (χ4v) is 4.39. The van der Waals surface area contributed by atoms with Crippen molar-refractivity contribution in [3.63, 3.8) is 0 Å². The molecule has 0 aliphatic heterocycles. The Bertz CT molecular complexity index is 921. The summed E-state index contributed by atoms with van der Waals surface area (Å²) in [6.45, 7) is 4.49. The zero-order valence-corrected chi connectivity index (χ0v) is 17.1. The highest BCUT2D eigenvalue weighted by molar-refractivity contribution is 5.83. The predicted octanol–water partition coefficient (Wildman–Crippen LogP) is 6.26. The molecule has 28 heavy (non-hydrogen) atoms. The first kappa shape index (κ1) is 18.7. The van der Waals surface area contributed by atoms with E-state index >= 15 is 0 Å². The SMILES string of the molecule is CC[N+](C)(CCC=C1c2ccccc2CCc2ccccc21)c1ccccc1. The van der Waals surface area contributed by atoms with Crippen molar-refractivity contribution in [2.24, 2.45) is 0 Å². The van der Waals surface area contributed by atoms with Crippen LogP contribution >= 0.6 is 0 Å². The Morgan fingerprint density at radius 3 is 1.86 bits per heavy atom. The van der Waals surface area contributed by atoms with E-state index in [1.165, 1.54) is 33.5 Å². The molecule has 3 aromatic carbocycles. The maximum atomic E-state index is 2.48. The fourth-order valence-electron chi connectivity index (χ4n) is 4.39. The lowest BCUT2D eigenvalue weighted by molar-refractivity contribution is 0.353. The Morgan fingerprint density at radius 1 is 0.750 bits per heavy atom. The van der Waals surface area contributed by atoms with Crippen LogP contribution in [-0.4, -0.2) is 20.1 Å². The fraction of sp³-hybridized carbons (Fsp3) is 0.259. The van der Waals surface area contributed by atoms with Gasteiger partial charge in [0.1, 0.15) is 5.69 Å². The molecule has 3 aromatic rings. The topological polar surface area (TPSA) is 0 Å². The standard InChI is InChI=1S/C27H30N/c1-3-28(2,24-14-5-4-6-15-24)21-11-18-27-25-16-9-7-12-22(25)19-20-23-13-8-10-17-26(23)27/h4-10,12-18H,3,11,19-21H2,1-2H3/q+1. The zero-order valence-electron chi connectivity index (χ0n) is 17.1. The van der Waals surface area contributed by atoms with Gasteiger partial charge in [0.2, 0.25) is 0 Å². The second-order valence-electron chi connectivity index (χ2n) is 7.99. The van der Waals surface area contributed by atoms with E-state index in [1.807, 2.05) is 0 Å². The quantitative estimate of drug-likeness (QED) is 0.466. The molecule has 0 radical (unpaired) electrons. The number of hydrogen-bond acceptors (Lipinski definition) is 0. The van der Waals surface area contributed by atoms with Crippen LogP contribution in [0.4, 0.5) is 5.69 Å². The first-order chi connectivity index (χ1) is 13.7. The molecule has 0 fully saturated rings. The van der Waals surface area contributed by atoms with Gasteiger partial charge in [0.05, 0.1) is 20.1 Å². The minimum atomic E-state index is 0.966. The van der Waals surface area contributed by atoms with Crippen molar-refractivity contribution in [2.45, 2.75) is 26.2 Å². The summed E-state index contributed by atoms with van der Waals surface area (Å²) in [6.07, 6.45) is 5.80. The van der Waals surface area contributed by atoms with Crippen LogP contribution in [0.5, 0.6) is 0 Å². The maximum Gasteiger partial charge on any atom is 0.132 e. The number of rotatable bonds is 5. The predicted molar refractivity (Wildman–Crippen MR) is 122 cm³/mol. The van der Waals surface area contributed by atoms with Crippen molar-refractivity contribution in [3.05, 3.63) is 107 Å². The van der Waals surface area contributed by atoms with E-state index in [-0.39, 0.29) is 0 Å². The molecule has 0 saturated carbocycles. The number of fused-ring (bicyclic) bond motifs is 2. The van der Waals surface area contributed by atoms with Crippen molar-refractivity contribution in [1.29, 1.82) is 0 Å². The number of nitrogens with zero attached hydrogens (tertiary/aromatic N) is 1. The summed E-state index contributed by atoms with van der Waals surface area (Å²) in [5.74, 6) is 0. The lowest BCUT2D eigenvalue weighted by atomic mass is 9.93. The second kappa shape index (κ2) is 8.16. The molecule has 142 valence electrons. The molecule has 1 heteroatoms. The molecular formula is C27H30N+. The summed E-state index contributed by atoms with van der Waals surface area (Å²) in [6, 6.07) is 28.8. The Labute approximate surface area is 169 Å². The van der Waals surface area contributed by atoms with Crippen LogP contribution in [0, 0.1) is 0 Å². The van der Waals surface area contributed by atoms with E-state index in [0.717, 1.165) is 36.8 Å². The summed E-state index contributed by atoms with van der Waals surface area (Å²) in [5, 5.41) is 0. The largest absolute Gasteiger partial charge is 0.294 e. The van der Waals surface area contributed by atoms with Crippen LogP contribution in [0.2, 0.25) is 0 Å². The molecule has 0 amide bonds. The monoisotopic (exact) mass is 368 g/mol. The molecule has 1 aliphatic rings. The van der Waals surface area contributed by atoms with E-state index in [9.17, 15) is 0 Å². The van der Waals surface area contributed by atoms with Crippen LogP contribution < -0.4 is 4.48 Å². The highest BCUT2D eigenvalue weighted by Gasteiger charge is 2.22. The molecule has 0 N–H and O–H groups in total. The highest BCUT2D eigenvalue weighted by atomic mass is 15.3. The maximum absolute atomic E-state index is 2.48. The summed E-state index contributed by atoms with van der Waals surface area (Å²) >= 11 is 0. The number of hydrogen-bond donors (Lipinski definition) is 0. The molecule has 4 rings (SSSR count). The van der Waals surface area contributed by atoms with Gasteiger partial charge in [0.15, 0.2) is 0 Å². The normalized spacial score (nSPS) is 15.1. The Balaban J connectivity index is 1.67. The van der Waals surface area contributed by atoms with Crippen LogP contribution in [0.1, 0.15) is 35.6 Å². The van der Waals surface area contributed by atoms with Gasteiger partial charge < -0.3 is 0 Å². The van der Waals surface area contributed by atoms with Crippen molar-refractivity contribution < 1.29 is 0 Å². The van der Waals surface area contributed by atoms with E-state index in [2.05, 4.69) is 98.9 Å². The molecule has 1 unspecified atom stereocenters. The number of para-hydroxylation sites is 1. The van der Waals surface area contributed by atoms with Gasteiger partial charge in [-0.1, -0.05) is 72.8 Å². The van der Waals surface area contributed by atoms with Gasteiger partial charge in [-0.15, -0.1) is 0 Å². The molecule has 1 atom stereocenters. The third-order valence-electron chi connectivity index (χ3n) is 6.33. The Hall–Kier alpha value is -2.64. The molecule has 0 saturated heterocycles. The van der Waals surface area contributed by atoms with Gasteiger partial charge in [0, 0.05) is 6.42 Å².